The maximum absolute atomic E-state index is 13.1. The van der Waals surface area contributed by atoms with Gasteiger partial charge in [0, 0.05) is 10.6 Å². The number of carbonyl (C=O) groups is 2. The molecule has 1 heterocycles. The molecule has 0 bridgehead atoms. The number of benzene rings is 3. The van der Waals surface area contributed by atoms with E-state index < -0.39 is 0 Å². The van der Waals surface area contributed by atoms with E-state index in [0.29, 0.717) is 41.1 Å². The molecule has 7 heteroatoms. The molecular formula is C30H28ClNO4S. The lowest BCUT2D eigenvalue weighted by molar-refractivity contribution is -0.123. The number of carbonyl (C=O) groups excluding carboxylic acids is 2. The maximum Gasteiger partial charge on any atom is 0.293 e. The fraction of sp³-hybridized carbons (Fsp3) is 0.200. The first-order valence-electron chi connectivity index (χ1n) is 12.0. The standard InChI is InChI=1S/C30H28ClNO4S/c1-4-8-23-15-22(16-26(35-5-2)28(23)36-19-21-11-13-25(31)14-12-21)17-27-29(33)32(30(34)37-27)18-24-10-7-6-9-20(24)3/h4,6-7,9-17H,1,5,8,18-19H2,2-3H3/b27-17-. The second-order valence-corrected chi connectivity index (χ2v) is 9.97. The number of amides is 2. The van der Waals surface area contributed by atoms with Crippen molar-refractivity contribution in [1.29, 1.82) is 0 Å². The Bertz CT molecular complexity index is 1350. The first-order chi connectivity index (χ1) is 17.9. The molecule has 1 saturated heterocycles. The smallest absolute Gasteiger partial charge is 0.293 e. The van der Waals surface area contributed by atoms with Crippen LogP contribution in [-0.4, -0.2) is 22.7 Å². The van der Waals surface area contributed by atoms with E-state index in [0.717, 1.165) is 39.6 Å². The first kappa shape index (κ1) is 26.6. The van der Waals surface area contributed by atoms with Crippen LogP contribution in [0.4, 0.5) is 4.79 Å². The summed E-state index contributed by atoms with van der Waals surface area (Å²) in [5.41, 5.74) is 4.58. The average molecular weight is 534 g/mol. The van der Waals surface area contributed by atoms with Gasteiger partial charge in [-0.2, -0.15) is 0 Å². The summed E-state index contributed by atoms with van der Waals surface area (Å²) in [5.74, 6) is 0.896. The molecule has 3 aromatic rings. The van der Waals surface area contributed by atoms with Gasteiger partial charge in [0.25, 0.3) is 11.1 Å². The number of halogens is 1. The summed E-state index contributed by atoms with van der Waals surface area (Å²) in [4.78, 5) is 27.5. The van der Waals surface area contributed by atoms with Crippen LogP contribution in [0.15, 0.2) is 78.2 Å². The molecule has 0 radical (unpaired) electrons. The number of aryl methyl sites for hydroxylation is 1. The van der Waals surface area contributed by atoms with E-state index in [1.165, 1.54) is 4.90 Å². The number of hydrogen-bond acceptors (Lipinski definition) is 5. The Kier molecular flexibility index (Phi) is 8.74. The van der Waals surface area contributed by atoms with Gasteiger partial charge in [-0.05, 0) is 84.6 Å². The van der Waals surface area contributed by atoms with E-state index in [9.17, 15) is 9.59 Å². The SMILES string of the molecule is C=CCc1cc(/C=C2\SC(=O)N(Cc3ccccc3C)C2=O)cc(OCC)c1OCc1ccc(Cl)cc1. The Balaban J connectivity index is 1.62. The Morgan fingerprint density at radius 3 is 2.49 bits per heavy atom. The summed E-state index contributed by atoms with van der Waals surface area (Å²) >= 11 is 6.95. The molecule has 3 aromatic carbocycles. The van der Waals surface area contributed by atoms with Gasteiger partial charge >= 0.3 is 0 Å². The quantitative estimate of drug-likeness (QED) is 0.198. The van der Waals surface area contributed by atoms with Crippen LogP contribution in [0.5, 0.6) is 11.5 Å². The molecule has 0 spiro atoms. The van der Waals surface area contributed by atoms with Crippen molar-refractivity contribution in [3.05, 3.63) is 111 Å². The first-order valence-corrected chi connectivity index (χ1v) is 13.2. The van der Waals surface area contributed by atoms with Crippen molar-refractivity contribution >= 4 is 40.6 Å². The summed E-state index contributed by atoms with van der Waals surface area (Å²) in [5, 5.41) is 0.387. The van der Waals surface area contributed by atoms with Gasteiger partial charge in [0.2, 0.25) is 0 Å². The summed E-state index contributed by atoms with van der Waals surface area (Å²) in [7, 11) is 0. The zero-order chi connectivity index (χ0) is 26.4. The zero-order valence-corrected chi connectivity index (χ0v) is 22.4. The highest BCUT2D eigenvalue weighted by Gasteiger charge is 2.35. The highest BCUT2D eigenvalue weighted by Crippen LogP contribution is 2.38. The average Bonchev–Trinajstić information content (AvgIpc) is 3.13. The lowest BCUT2D eigenvalue weighted by Gasteiger charge is -2.17. The molecule has 0 atom stereocenters. The third-order valence-electron chi connectivity index (χ3n) is 5.88. The molecule has 0 N–H and O–H groups in total. The zero-order valence-electron chi connectivity index (χ0n) is 20.8. The van der Waals surface area contributed by atoms with Crippen molar-refractivity contribution in [2.75, 3.05) is 6.61 Å². The van der Waals surface area contributed by atoms with Crippen LogP contribution in [-0.2, 0) is 24.4 Å². The van der Waals surface area contributed by atoms with E-state index in [2.05, 4.69) is 6.58 Å². The van der Waals surface area contributed by atoms with Crippen molar-refractivity contribution < 1.29 is 19.1 Å². The van der Waals surface area contributed by atoms with Crippen LogP contribution in [0.2, 0.25) is 5.02 Å². The predicted octanol–water partition coefficient (Wildman–Crippen LogP) is 7.59. The number of thioether (sulfide) groups is 1. The minimum absolute atomic E-state index is 0.248. The van der Waals surface area contributed by atoms with Crippen LogP contribution in [0, 0.1) is 6.92 Å². The van der Waals surface area contributed by atoms with Gasteiger partial charge in [-0.1, -0.05) is 54.1 Å². The predicted molar refractivity (Wildman–Crippen MR) is 150 cm³/mol. The van der Waals surface area contributed by atoms with Gasteiger partial charge in [-0.15, -0.1) is 6.58 Å². The monoisotopic (exact) mass is 533 g/mol. The van der Waals surface area contributed by atoms with Crippen LogP contribution in [0.3, 0.4) is 0 Å². The highest BCUT2D eigenvalue weighted by atomic mass is 35.5. The number of rotatable bonds is 10. The second kappa shape index (κ2) is 12.2. The lowest BCUT2D eigenvalue weighted by Crippen LogP contribution is -2.27. The normalized spacial score (nSPS) is 14.4. The Morgan fingerprint density at radius 1 is 1.03 bits per heavy atom. The fourth-order valence-corrected chi connectivity index (χ4v) is 4.95. The lowest BCUT2D eigenvalue weighted by atomic mass is 10.0. The van der Waals surface area contributed by atoms with E-state index >= 15 is 0 Å². The van der Waals surface area contributed by atoms with E-state index in [1.807, 2.05) is 74.5 Å². The third-order valence-corrected chi connectivity index (χ3v) is 7.04. The highest BCUT2D eigenvalue weighted by molar-refractivity contribution is 8.18. The topological polar surface area (TPSA) is 55.8 Å². The van der Waals surface area contributed by atoms with Crippen molar-refractivity contribution in [2.24, 2.45) is 0 Å². The summed E-state index contributed by atoms with van der Waals surface area (Å²) in [6, 6.07) is 19.0. The number of allylic oxidation sites excluding steroid dienone is 1. The van der Waals surface area contributed by atoms with Gasteiger partial charge in [0.15, 0.2) is 11.5 Å². The Hall–Kier alpha value is -3.48. The van der Waals surface area contributed by atoms with Crippen molar-refractivity contribution in [1.82, 2.24) is 4.90 Å². The summed E-state index contributed by atoms with van der Waals surface area (Å²) in [6.45, 7) is 8.79. The Labute approximate surface area is 226 Å². The molecule has 2 amide bonds. The van der Waals surface area contributed by atoms with E-state index in [4.69, 9.17) is 21.1 Å². The fourth-order valence-electron chi connectivity index (χ4n) is 3.98. The molecule has 0 aromatic heterocycles. The number of nitrogens with zero attached hydrogens (tertiary/aromatic N) is 1. The summed E-state index contributed by atoms with van der Waals surface area (Å²) in [6.07, 6.45) is 4.08. The third kappa shape index (κ3) is 6.45. The van der Waals surface area contributed by atoms with Crippen LogP contribution in [0.25, 0.3) is 6.08 Å². The number of ether oxygens (including phenoxy) is 2. The molecule has 37 heavy (non-hydrogen) atoms. The summed E-state index contributed by atoms with van der Waals surface area (Å²) < 4.78 is 12.1. The maximum atomic E-state index is 13.1. The molecule has 1 aliphatic rings. The van der Waals surface area contributed by atoms with E-state index in [1.54, 1.807) is 12.2 Å². The van der Waals surface area contributed by atoms with E-state index in [-0.39, 0.29) is 17.7 Å². The van der Waals surface area contributed by atoms with Gasteiger partial charge < -0.3 is 9.47 Å². The van der Waals surface area contributed by atoms with Gasteiger partial charge in [-0.25, -0.2) is 0 Å². The molecule has 5 nitrogen and oxygen atoms in total. The van der Waals surface area contributed by atoms with Crippen molar-refractivity contribution in [3.8, 4) is 11.5 Å². The van der Waals surface area contributed by atoms with Gasteiger partial charge in [0.1, 0.15) is 6.61 Å². The van der Waals surface area contributed by atoms with Gasteiger partial charge in [-0.3, -0.25) is 14.5 Å². The molecule has 190 valence electrons. The van der Waals surface area contributed by atoms with Crippen LogP contribution >= 0.6 is 23.4 Å². The molecular weight excluding hydrogens is 506 g/mol. The minimum atomic E-state index is -0.301. The molecule has 0 aliphatic carbocycles. The van der Waals surface area contributed by atoms with Crippen molar-refractivity contribution in [2.45, 2.75) is 33.4 Å². The largest absolute Gasteiger partial charge is 0.490 e. The van der Waals surface area contributed by atoms with Crippen LogP contribution in [0.1, 0.15) is 34.7 Å². The van der Waals surface area contributed by atoms with Crippen LogP contribution < -0.4 is 9.47 Å². The second-order valence-electron chi connectivity index (χ2n) is 8.54. The molecule has 0 saturated carbocycles. The van der Waals surface area contributed by atoms with Crippen molar-refractivity contribution in [3.63, 3.8) is 0 Å². The molecule has 1 fully saturated rings. The van der Waals surface area contributed by atoms with Gasteiger partial charge in [0.05, 0.1) is 18.1 Å². The molecule has 4 rings (SSSR count). The Morgan fingerprint density at radius 2 is 1.78 bits per heavy atom. The number of imide groups is 1. The molecule has 0 unspecified atom stereocenters. The molecule has 1 aliphatic heterocycles. The number of hydrogen-bond donors (Lipinski definition) is 0. The minimum Gasteiger partial charge on any atom is -0.490 e.